The second-order valence-electron chi connectivity index (χ2n) is 5.40. The Morgan fingerprint density at radius 1 is 1.25 bits per heavy atom. The first-order chi connectivity index (χ1) is 9.23. The molecule has 0 aromatic heterocycles. The van der Waals surface area contributed by atoms with E-state index >= 15 is 0 Å². The van der Waals surface area contributed by atoms with E-state index in [9.17, 15) is 9.90 Å². The van der Waals surface area contributed by atoms with Crippen molar-refractivity contribution in [3.05, 3.63) is 0 Å². The first-order valence-corrected chi connectivity index (χ1v) is 6.97. The van der Waals surface area contributed by atoms with Gasteiger partial charge in [0.25, 0.3) is 5.85 Å². The molecule has 6 heteroatoms. The molecule has 1 heterocycles. The molecule has 20 heavy (non-hydrogen) atoms. The van der Waals surface area contributed by atoms with E-state index in [0.29, 0.717) is 13.2 Å². The van der Waals surface area contributed by atoms with E-state index < -0.39 is 17.4 Å². The van der Waals surface area contributed by atoms with Gasteiger partial charge in [0.2, 0.25) is 0 Å². The minimum absolute atomic E-state index is 0.0459. The first-order valence-electron chi connectivity index (χ1n) is 6.97. The van der Waals surface area contributed by atoms with Crippen LogP contribution in [0.2, 0.25) is 0 Å². The maximum Gasteiger partial charge on any atom is 0.358 e. The summed E-state index contributed by atoms with van der Waals surface area (Å²) >= 11 is 0. The largest absolute Gasteiger partial charge is 0.461 e. The second-order valence-corrected chi connectivity index (χ2v) is 5.40. The lowest BCUT2D eigenvalue weighted by molar-refractivity contribution is -0.135. The fraction of sp³-hybridized carbons (Fsp3) is 0.786. The van der Waals surface area contributed by atoms with Crippen molar-refractivity contribution in [1.29, 1.82) is 0 Å². The number of hydrogen-bond donors (Lipinski definition) is 1. The van der Waals surface area contributed by atoms with Gasteiger partial charge in [-0.2, -0.15) is 0 Å². The minimum Gasteiger partial charge on any atom is -0.461 e. The van der Waals surface area contributed by atoms with E-state index in [0.717, 1.165) is 12.8 Å². The van der Waals surface area contributed by atoms with Gasteiger partial charge in [0.1, 0.15) is 11.3 Å². The van der Waals surface area contributed by atoms with Crippen LogP contribution in [0.1, 0.15) is 47.5 Å². The summed E-state index contributed by atoms with van der Waals surface area (Å²) in [6.45, 7) is 9.43. The van der Waals surface area contributed by atoms with E-state index in [1.807, 2.05) is 13.8 Å². The third kappa shape index (κ3) is 4.11. The molecule has 0 spiro atoms. The molecule has 0 aliphatic carbocycles. The lowest BCUT2D eigenvalue weighted by Gasteiger charge is -2.19. The zero-order valence-corrected chi connectivity index (χ0v) is 12.9. The highest BCUT2D eigenvalue weighted by molar-refractivity contribution is 6.68. The lowest BCUT2D eigenvalue weighted by Crippen LogP contribution is -2.40. The van der Waals surface area contributed by atoms with Gasteiger partial charge >= 0.3 is 5.97 Å². The maximum absolute atomic E-state index is 12.0. The van der Waals surface area contributed by atoms with E-state index in [2.05, 4.69) is 9.98 Å². The SMILES string of the molecule is CCCOC(=O)C1=NC(C)(OCCC)N=C1C(C)(C)O. The molecule has 1 aliphatic rings. The smallest absolute Gasteiger partial charge is 0.358 e. The van der Waals surface area contributed by atoms with Gasteiger partial charge in [0.05, 0.1) is 13.2 Å². The van der Waals surface area contributed by atoms with Crippen LogP contribution < -0.4 is 0 Å². The molecule has 0 radical (unpaired) electrons. The van der Waals surface area contributed by atoms with Gasteiger partial charge in [0.15, 0.2) is 5.71 Å². The molecule has 1 atom stereocenters. The number of nitrogens with zero attached hydrogens (tertiary/aromatic N) is 2. The number of aliphatic hydroxyl groups is 1. The van der Waals surface area contributed by atoms with Crippen LogP contribution in [-0.4, -0.2) is 47.2 Å². The number of ether oxygens (including phenoxy) is 2. The summed E-state index contributed by atoms with van der Waals surface area (Å²) < 4.78 is 10.6. The predicted octanol–water partition coefficient (Wildman–Crippen LogP) is 1.71. The fourth-order valence-corrected chi connectivity index (χ4v) is 1.74. The molecule has 0 fully saturated rings. The molecule has 1 aliphatic heterocycles. The molecule has 0 amide bonds. The molecule has 0 aromatic carbocycles. The van der Waals surface area contributed by atoms with E-state index in [1.165, 1.54) is 0 Å². The second kappa shape index (κ2) is 6.45. The van der Waals surface area contributed by atoms with Crippen molar-refractivity contribution >= 4 is 17.4 Å². The Hall–Kier alpha value is -1.27. The van der Waals surface area contributed by atoms with Gasteiger partial charge in [-0.15, -0.1) is 0 Å². The van der Waals surface area contributed by atoms with Crippen molar-refractivity contribution in [1.82, 2.24) is 0 Å². The average Bonchev–Trinajstić information content (AvgIpc) is 2.72. The third-order valence-electron chi connectivity index (χ3n) is 2.65. The number of rotatable bonds is 7. The fourth-order valence-electron chi connectivity index (χ4n) is 1.74. The lowest BCUT2D eigenvalue weighted by atomic mass is 9.99. The summed E-state index contributed by atoms with van der Waals surface area (Å²) in [4.78, 5) is 20.5. The zero-order valence-electron chi connectivity index (χ0n) is 12.9. The highest BCUT2D eigenvalue weighted by atomic mass is 16.5. The first kappa shape index (κ1) is 16.8. The van der Waals surface area contributed by atoms with Crippen LogP contribution in [0.5, 0.6) is 0 Å². The van der Waals surface area contributed by atoms with Crippen molar-refractivity contribution in [3.63, 3.8) is 0 Å². The number of esters is 1. The molecule has 0 saturated heterocycles. The van der Waals surface area contributed by atoms with Crippen LogP contribution in [0, 0.1) is 0 Å². The van der Waals surface area contributed by atoms with Gasteiger partial charge in [0, 0.05) is 6.92 Å². The van der Waals surface area contributed by atoms with Crippen LogP contribution in [0.3, 0.4) is 0 Å². The topological polar surface area (TPSA) is 80.5 Å². The van der Waals surface area contributed by atoms with E-state index in [1.54, 1.807) is 20.8 Å². The number of carbonyl (C=O) groups is 1. The molecule has 1 rings (SSSR count). The van der Waals surface area contributed by atoms with Crippen LogP contribution in [0.4, 0.5) is 0 Å². The quantitative estimate of drug-likeness (QED) is 0.722. The van der Waals surface area contributed by atoms with Crippen molar-refractivity contribution in [2.24, 2.45) is 9.98 Å². The number of carbonyl (C=O) groups excluding carboxylic acids is 1. The summed E-state index contributed by atoms with van der Waals surface area (Å²) in [5.74, 6) is -1.73. The van der Waals surface area contributed by atoms with Crippen molar-refractivity contribution in [2.75, 3.05) is 13.2 Å². The van der Waals surface area contributed by atoms with Crippen molar-refractivity contribution < 1.29 is 19.4 Å². The van der Waals surface area contributed by atoms with E-state index in [-0.39, 0.29) is 11.4 Å². The molecular weight excluding hydrogens is 260 g/mol. The molecule has 0 aromatic rings. The molecule has 114 valence electrons. The Morgan fingerprint density at radius 3 is 2.35 bits per heavy atom. The highest BCUT2D eigenvalue weighted by Gasteiger charge is 2.41. The number of hydrogen-bond acceptors (Lipinski definition) is 6. The Labute approximate surface area is 119 Å². The van der Waals surface area contributed by atoms with Gasteiger partial charge in [-0.05, 0) is 26.7 Å². The zero-order chi connectivity index (χ0) is 15.4. The normalized spacial score (nSPS) is 22.5. The summed E-state index contributed by atoms with van der Waals surface area (Å²) in [6.07, 6.45) is 1.53. The van der Waals surface area contributed by atoms with Gasteiger partial charge in [-0.1, -0.05) is 13.8 Å². The monoisotopic (exact) mass is 284 g/mol. The minimum atomic E-state index is -1.28. The predicted molar refractivity (Wildman–Crippen MR) is 77.1 cm³/mol. The summed E-state index contributed by atoms with van der Waals surface area (Å²) in [7, 11) is 0. The number of aliphatic imine (C=N–C) groups is 2. The molecule has 0 bridgehead atoms. The van der Waals surface area contributed by atoms with Crippen LogP contribution in [0.15, 0.2) is 9.98 Å². The molecule has 6 nitrogen and oxygen atoms in total. The van der Waals surface area contributed by atoms with Crippen LogP contribution >= 0.6 is 0 Å². The molecule has 1 N–H and O–H groups in total. The van der Waals surface area contributed by atoms with Crippen LogP contribution in [0.25, 0.3) is 0 Å². The van der Waals surface area contributed by atoms with Crippen LogP contribution in [-0.2, 0) is 14.3 Å². The van der Waals surface area contributed by atoms with Gasteiger partial charge in [-0.25, -0.2) is 14.8 Å². The van der Waals surface area contributed by atoms with Crippen molar-refractivity contribution in [3.8, 4) is 0 Å². The Kier molecular flexibility index (Phi) is 5.42. The molecular formula is C14H24N2O4. The van der Waals surface area contributed by atoms with E-state index in [4.69, 9.17) is 9.47 Å². The Balaban J connectivity index is 3.02. The summed E-state index contributed by atoms with van der Waals surface area (Å²) in [5, 5.41) is 10.1. The Morgan fingerprint density at radius 2 is 1.85 bits per heavy atom. The molecule has 0 saturated carbocycles. The summed E-state index contributed by atoms with van der Waals surface area (Å²) in [5.41, 5.74) is -1.03. The maximum atomic E-state index is 12.0. The van der Waals surface area contributed by atoms with Gasteiger partial charge < -0.3 is 14.6 Å². The van der Waals surface area contributed by atoms with Crippen molar-refractivity contribution in [2.45, 2.75) is 58.9 Å². The Bertz CT molecular complexity index is 423. The molecule has 1 unspecified atom stereocenters. The third-order valence-corrected chi connectivity index (χ3v) is 2.65. The standard InChI is InChI=1S/C14H24N2O4/c1-6-8-19-12(17)10-11(13(3,4)18)16-14(5,15-10)20-9-7-2/h18H,6-9H2,1-5H3. The highest BCUT2D eigenvalue weighted by Crippen LogP contribution is 2.26. The van der Waals surface area contributed by atoms with Gasteiger partial charge in [-0.3, -0.25) is 0 Å². The average molecular weight is 284 g/mol. The summed E-state index contributed by atoms with van der Waals surface area (Å²) in [6, 6.07) is 0.